The van der Waals surface area contributed by atoms with Crippen molar-refractivity contribution in [2.75, 3.05) is 27.4 Å². The van der Waals surface area contributed by atoms with Crippen LogP contribution in [0, 0.1) is 11.8 Å². The van der Waals surface area contributed by atoms with Crippen LogP contribution in [-0.4, -0.2) is 74.2 Å². The highest BCUT2D eigenvalue weighted by molar-refractivity contribution is 5.93. The Morgan fingerprint density at radius 1 is 0.925 bits per heavy atom. The molecule has 0 radical (unpaired) electrons. The maximum Gasteiger partial charge on any atom is 0.407 e. The van der Waals surface area contributed by atoms with Crippen molar-refractivity contribution in [1.29, 1.82) is 0 Å². The molecule has 5 rings (SSSR count). The van der Waals surface area contributed by atoms with E-state index < -0.39 is 24.1 Å². The topological polar surface area (TPSA) is 135 Å². The van der Waals surface area contributed by atoms with Gasteiger partial charge in [-0.15, -0.1) is 0 Å². The van der Waals surface area contributed by atoms with E-state index >= 15 is 0 Å². The van der Waals surface area contributed by atoms with E-state index in [2.05, 4.69) is 28.1 Å². The monoisotopic (exact) mass is 724 g/mol. The summed E-state index contributed by atoms with van der Waals surface area (Å²) in [5, 5.41) is 8.90. The standard InChI is InChI=1S/C42H52N4O7/c1-26(2)35-20-21-38(47)43-22-12-11-17-36(40(48)44-35)46(24-28-18-19-29(51-5)23-37(28)52-6)41(49)39(27(3)4)45-42(50)53-25-34-32-15-9-7-13-30(32)31-14-8-10-16-33(31)34/h7-11,13-19,23,26-27,34-36,39H,12,20-22,24-25H2,1-6H3,(H,43,47)(H,44,48)(H,45,50)/b17-11-/t35-,36?,39+/m1/s1. The van der Waals surface area contributed by atoms with Crippen molar-refractivity contribution >= 4 is 23.8 Å². The third kappa shape index (κ3) is 9.38. The van der Waals surface area contributed by atoms with Crippen LogP contribution in [0.25, 0.3) is 11.1 Å². The third-order valence-corrected chi connectivity index (χ3v) is 10.0. The highest BCUT2D eigenvalue weighted by atomic mass is 16.5. The second kappa shape index (κ2) is 17.9. The van der Waals surface area contributed by atoms with Gasteiger partial charge >= 0.3 is 6.09 Å². The Balaban J connectivity index is 1.44. The molecule has 3 atom stereocenters. The number of carbonyl (C=O) groups is 4. The smallest absolute Gasteiger partial charge is 0.407 e. The number of hydrogen-bond acceptors (Lipinski definition) is 7. The maximum atomic E-state index is 14.8. The van der Waals surface area contributed by atoms with Gasteiger partial charge in [-0.1, -0.05) is 88.4 Å². The van der Waals surface area contributed by atoms with E-state index in [-0.39, 0.29) is 55.2 Å². The number of nitrogens with one attached hydrogen (secondary N) is 3. The predicted octanol–water partition coefficient (Wildman–Crippen LogP) is 5.96. The van der Waals surface area contributed by atoms with Crippen molar-refractivity contribution in [2.45, 2.75) is 77.5 Å². The van der Waals surface area contributed by atoms with E-state index in [0.717, 1.165) is 22.3 Å². The van der Waals surface area contributed by atoms with Gasteiger partial charge in [0.2, 0.25) is 17.7 Å². The average molecular weight is 725 g/mol. The van der Waals surface area contributed by atoms with Crippen molar-refractivity contribution < 1.29 is 33.4 Å². The van der Waals surface area contributed by atoms with Gasteiger partial charge in [0, 0.05) is 36.6 Å². The molecular formula is C42H52N4O7. The van der Waals surface area contributed by atoms with Crippen LogP contribution in [0.2, 0.25) is 0 Å². The molecule has 3 N–H and O–H groups in total. The second-order valence-corrected chi connectivity index (χ2v) is 14.2. The van der Waals surface area contributed by atoms with Crippen molar-refractivity contribution in [3.63, 3.8) is 0 Å². The SMILES string of the molecule is COc1ccc(CN(C(=O)[C@@H](NC(=O)OCC2c3ccccc3-c3ccccc32)C(C)C)C2/C=C\CCNC(=O)CC[C@H](C(C)C)NC2=O)c(OC)c1. The van der Waals surface area contributed by atoms with Gasteiger partial charge < -0.3 is 35.1 Å². The molecule has 11 nitrogen and oxygen atoms in total. The number of nitrogens with zero attached hydrogens (tertiary/aromatic N) is 1. The molecule has 0 saturated heterocycles. The van der Waals surface area contributed by atoms with Crippen LogP contribution in [0.4, 0.5) is 4.79 Å². The molecule has 0 aromatic heterocycles. The molecule has 11 heteroatoms. The molecule has 1 unspecified atom stereocenters. The molecule has 0 fully saturated rings. The number of benzene rings is 3. The van der Waals surface area contributed by atoms with Crippen LogP contribution < -0.4 is 25.4 Å². The van der Waals surface area contributed by atoms with Gasteiger partial charge in [0.05, 0.1) is 20.8 Å². The molecule has 3 aromatic rings. The van der Waals surface area contributed by atoms with Gasteiger partial charge in [0.15, 0.2) is 0 Å². The molecule has 0 bridgehead atoms. The van der Waals surface area contributed by atoms with E-state index in [1.165, 1.54) is 12.0 Å². The molecule has 2 aliphatic rings. The Bertz CT molecular complexity index is 1760. The first-order chi connectivity index (χ1) is 25.5. The van der Waals surface area contributed by atoms with Crippen molar-refractivity contribution in [3.05, 3.63) is 95.6 Å². The van der Waals surface area contributed by atoms with Gasteiger partial charge in [0.1, 0.15) is 30.2 Å². The zero-order chi connectivity index (χ0) is 38.1. The van der Waals surface area contributed by atoms with E-state index in [1.807, 2.05) is 64.1 Å². The molecule has 282 valence electrons. The second-order valence-electron chi connectivity index (χ2n) is 14.2. The summed E-state index contributed by atoms with van der Waals surface area (Å²) in [4.78, 5) is 56.6. The Hall–Kier alpha value is -5.32. The largest absolute Gasteiger partial charge is 0.497 e. The number of carbonyl (C=O) groups excluding carboxylic acids is 4. The predicted molar refractivity (Wildman–Crippen MR) is 203 cm³/mol. The van der Waals surface area contributed by atoms with E-state index in [4.69, 9.17) is 14.2 Å². The molecule has 4 amide bonds. The number of rotatable bonds is 11. The van der Waals surface area contributed by atoms with Crippen LogP contribution in [0.15, 0.2) is 78.9 Å². The Labute approximate surface area is 312 Å². The van der Waals surface area contributed by atoms with Crippen LogP contribution in [0.1, 0.15) is 69.6 Å². The lowest BCUT2D eigenvalue weighted by Crippen LogP contribution is -2.57. The zero-order valence-electron chi connectivity index (χ0n) is 31.5. The van der Waals surface area contributed by atoms with Gasteiger partial charge in [-0.3, -0.25) is 14.4 Å². The molecule has 1 aliphatic heterocycles. The van der Waals surface area contributed by atoms with Crippen molar-refractivity contribution in [3.8, 4) is 22.6 Å². The van der Waals surface area contributed by atoms with Crippen LogP contribution in [-0.2, 0) is 25.7 Å². The van der Waals surface area contributed by atoms with Gasteiger partial charge in [-0.25, -0.2) is 4.79 Å². The van der Waals surface area contributed by atoms with Crippen molar-refractivity contribution in [1.82, 2.24) is 20.9 Å². The minimum atomic E-state index is -1.05. The van der Waals surface area contributed by atoms with Gasteiger partial charge in [0.25, 0.3) is 0 Å². The fourth-order valence-electron chi connectivity index (χ4n) is 7.01. The zero-order valence-corrected chi connectivity index (χ0v) is 31.5. The summed E-state index contributed by atoms with van der Waals surface area (Å²) in [6, 6.07) is 19.1. The Morgan fingerprint density at radius 3 is 2.23 bits per heavy atom. The van der Waals surface area contributed by atoms with Gasteiger partial charge in [-0.05, 0) is 59.1 Å². The lowest BCUT2D eigenvalue weighted by Gasteiger charge is -2.35. The highest BCUT2D eigenvalue weighted by Crippen LogP contribution is 2.44. The Morgan fingerprint density at radius 2 is 1.60 bits per heavy atom. The minimum Gasteiger partial charge on any atom is -0.497 e. The highest BCUT2D eigenvalue weighted by Gasteiger charge is 2.37. The molecule has 0 saturated carbocycles. The van der Waals surface area contributed by atoms with E-state index in [1.54, 1.807) is 37.5 Å². The molecule has 53 heavy (non-hydrogen) atoms. The summed E-state index contributed by atoms with van der Waals surface area (Å²) in [6.45, 7) is 8.13. The fourth-order valence-corrected chi connectivity index (χ4v) is 7.01. The number of fused-ring (bicyclic) bond motifs is 3. The first-order valence-electron chi connectivity index (χ1n) is 18.4. The van der Waals surface area contributed by atoms with Crippen molar-refractivity contribution in [2.24, 2.45) is 11.8 Å². The first-order valence-corrected chi connectivity index (χ1v) is 18.4. The molecule has 1 aliphatic carbocycles. The third-order valence-electron chi connectivity index (χ3n) is 10.0. The lowest BCUT2D eigenvalue weighted by atomic mass is 9.97. The summed E-state index contributed by atoms with van der Waals surface area (Å²) >= 11 is 0. The molecule has 1 heterocycles. The maximum absolute atomic E-state index is 14.8. The fraction of sp³-hybridized carbons (Fsp3) is 0.429. The summed E-state index contributed by atoms with van der Waals surface area (Å²) in [5.74, 6) is -0.340. The number of hydrogen-bond donors (Lipinski definition) is 3. The summed E-state index contributed by atoms with van der Waals surface area (Å²) < 4.78 is 16.9. The van der Waals surface area contributed by atoms with Crippen LogP contribution in [0.3, 0.4) is 0 Å². The summed E-state index contributed by atoms with van der Waals surface area (Å²) in [6.07, 6.45) is 3.94. The van der Waals surface area contributed by atoms with Gasteiger partial charge in [-0.2, -0.15) is 0 Å². The van der Waals surface area contributed by atoms with Crippen LogP contribution in [0.5, 0.6) is 11.5 Å². The summed E-state index contributed by atoms with van der Waals surface area (Å²) in [7, 11) is 3.09. The van der Waals surface area contributed by atoms with E-state index in [9.17, 15) is 19.2 Å². The average Bonchev–Trinajstić information content (AvgIpc) is 3.47. The molecular weight excluding hydrogens is 672 g/mol. The number of methoxy groups -OCH3 is 2. The summed E-state index contributed by atoms with van der Waals surface area (Å²) in [5.41, 5.74) is 5.03. The Kier molecular flexibility index (Phi) is 13.2. The lowest BCUT2D eigenvalue weighted by molar-refractivity contribution is -0.142. The van der Waals surface area contributed by atoms with Crippen LogP contribution >= 0.6 is 0 Å². The number of alkyl carbamates (subject to hydrolysis) is 1. The molecule has 3 aromatic carbocycles. The van der Waals surface area contributed by atoms with E-state index in [0.29, 0.717) is 36.4 Å². The first kappa shape index (κ1) is 38.9. The quantitative estimate of drug-likeness (QED) is 0.208. The number of amides is 4. The normalized spacial score (nSPS) is 18.7. The molecule has 0 spiro atoms. The number of ether oxygens (including phenoxy) is 3. The minimum absolute atomic E-state index is 0.00685.